The Morgan fingerprint density at radius 1 is 1.04 bits per heavy atom. The van der Waals surface area contributed by atoms with E-state index < -0.39 is 0 Å². The third kappa shape index (κ3) is 2.98. The van der Waals surface area contributed by atoms with E-state index in [1.165, 1.54) is 0 Å². The van der Waals surface area contributed by atoms with E-state index in [9.17, 15) is 4.79 Å². The van der Waals surface area contributed by atoms with Gasteiger partial charge in [-0.25, -0.2) is 19.9 Å². The van der Waals surface area contributed by atoms with Crippen molar-refractivity contribution in [2.24, 2.45) is 5.92 Å². The van der Waals surface area contributed by atoms with Crippen LogP contribution in [0, 0.1) is 12.8 Å². The molecule has 2 fully saturated rings. The van der Waals surface area contributed by atoms with Gasteiger partial charge in [0.15, 0.2) is 5.82 Å². The number of hydrogen-bond acceptors (Lipinski definition) is 6. The van der Waals surface area contributed by atoms with Crippen molar-refractivity contribution in [1.82, 2.24) is 19.9 Å². The van der Waals surface area contributed by atoms with E-state index in [4.69, 9.17) is 0 Å². The number of piperidine rings is 1. The number of aromatic nitrogens is 4. The molecule has 0 radical (unpaired) electrons. The molecule has 2 aliphatic rings. The van der Waals surface area contributed by atoms with Crippen LogP contribution in [0.15, 0.2) is 55.1 Å². The Kier molecular flexibility index (Phi) is 4.00. The summed E-state index contributed by atoms with van der Waals surface area (Å²) in [6, 6.07) is 9.54. The molecule has 28 heavy (non-hydrogen) atoms. The number of nitrogens with zero attached hydrogens (tertiary/aromatic N) is 5. The van der Waals surface area contributed by atoms with Crippen LogP contribution in [0.25, 0.3) is 11.4 Å². The molecule has 3 atom stereocenters. The lowest BCUT2D eigenvalue weighted by Gasteiger charge is -2.26. The fraction of sp³-hybridized carbons (Fsp3) is 0.286. The lowest BCUT2D eigenvalue weighted by molar-refractivity contribution is -0.117. The van der Waals surface area contributed by atoms with Crippen molar-refractivity contribution >= 4 is 17.5 Å². The molecular formula is C21H20N6O. The molecule has 2 aromatic heterocycles. The molecule has 1 amide bonds. The first kappa shape index (κ1) is 16.8. The van der Waals surface area contributed by atoms with Crippen LogP contribution in [0.5, 0.6) is 0 Å². The predicted molar refractivity (Wildman–Crippen MR) is 106 cm³/mol. The minimum absolute atomic E-state index is 0.0246. The Labute approximate surface area is 162 Å². The minimum atomic E-state index is -0.246. The van der Waals surface area contributed by atoms with Gasteiger partial charge in [0.05, 0.1) is 0 Å². The predicted octanol–water partition coefficient (Wildman–Crippen LogP) is 2.85. The average molecular weight is 372 g/mol. The SMILES string of the molecule is Cc1ccc(NC(=O)[C@@H]2C[C@H]3C[C@H]3N2c2ncccn2)cc1-c1ncccn1. The molecule has 1 N–H and O–H groups in total. The number of carbonyl (C=O) groups excluding carboxylic acids is 1. The number of amides is 1. The summed E-state index contributed by atoms with van der Waals surface area (Å²) < 4.78 is 0. The summed E-state index contributed by atoms with van der Waals surface area (Å²) in [5.41, 5.74) is 2.72. The van der Waals surface area contributed by atoms with Crippen LogP contribution in [0.2, 0.25) is 0 Å². The van der Waals surface area contributed by atoms with E-state index in [0.717, 1.165) is 29.7 Å². The van der Waals surface area contributed by atoms with E-state index in [1.807, 2.05) is 25.1 Å². The molecule has 0 bridgehead atoms. The van der Waals surface area contributed by atoms with Crippen molar-refractivity contribution in [3.8, 4) is 11.4 Å². The normalized spacial score (nSPS) is 22.6. The van der Waals surface area contributed by atoms with Crippen molar-refractivity contribution in [3.63, 3.8) is 0 Å². The first-order chi connectivity index (χ1) is 13.7. The molecule has 3 aromatic rings. The van der Waals surface area contributed by atoms with Gasteiger partial charge in [-0.2, -0.15) is 0 Å². The molecule has 140 valence electrons. The van der Waals surface area contributed by atoms with Crippen molar-refractivity contribution < 1.29 is 4.79 Å². The summed E-state index contributed by atoms with van der Waals surface area (Å²) in [5.74, 6) is 1.82. The zero-order valence-corrected chi connectivity index (χ0v) is 15.5. The topological polar surface area (TPSA) is 83.9 Å². The second kappa shape index (κ2) is 6.67. The number of hydrogen-bond donors (Lipinski definition) is 1. The van der Waals surface area contributed by atoms with Gasteiger partial charge in [0, 0.05) is 42.1 Å². The molecule has 1 aliphatic carbocycles. The highest BCUT2D eigenvalue weighted by atomic mass is 16.2. The number of rotatable bonds is 4. The maximum atomic E-state index is 13.1. The molecule has 0 unspecified atom stereocenters. The summed E-state index contributed by atoms with van der Waals surface area (Å²) in [5, 5.41) is 3.07. The molecule has 7 heteroatoms. The maximum absolute atomic E-state index is 13.1. The number of anilines is 2. The van der Waals surface area contributed by atoms with Crippen molar-refractivity contribution in [1.29, 1.82) is 0 Å². The van der Waals surface area contributed by atoms with Crippen LogP contribution < -0.4 is 10.2 Å². The lowest BCUT2D eigenvalue weighted by atomic mass is 10.1. The summed E-state index contributed by atoms with van der Waals surface area (Å²) in [7, 11) is 0. The van der Waals surface area contributed by atoms with Crippen LogP contribution in [-0.2, 0) is 4.79 Å². The van der Waals surface area contributed by atoms with E-state index in [1.54, 1.807) is 36.9 Å². The molecule has 5 rings (SSSR count). The van der Waals surface area contributed by atoms with Gasteiger partial charge in [-0.3, -0.25) is 4.79 Å². The summed E-state index contributed by atoms with van der Waals surface area (Å²) in [6.45, 7) is 2.01. The van der Waals surface area contributed by atoms with Crippen molar-refractivity contribution in [2.75, 3.05) is 10.2 Å². The average Bonchev–Trinajstić information content (AvgIpc) is 3.40. The highest BCUT2D eigenvalue weighted by molar-refractivity contribution is 5.98. The Morgan fingerprint density at radius 2 is 1.75 bits per heavy atom. The van der Waals surface area contributed by atoms with Crippen LogP contribution in [0.4, 0.5) is 11.6 Å². The quantitative estimate of drug-likeness (QED) is 0.758. The molecule has 1 saturated heterocycles. The molecular weight excluding hydrogens is 352 g/mol. The van der Waals surface area contributed by atoms with Gasteiger partial charge in [0.25, 0.3) is 0 Å². The van der Waals surface area contributed by atoms with Gasteiger partial charge in [-0.05, 0) is 55.5 Å². The number of aryl methyl sites for hydroxylation is 1. The fourth-order valence-corrected chi connectivity index (χ4v) is 4.01. The fourth-order valence-electron chi connectivity index (χ4n) is 4.01. The van der Waals surface area contributed by atoms with E-state index in [2.05, 4.69) is 30.2 Å². The number of carbonyl (C=O) groups is 1. The lowest BCUT2D eigenvalue weighted by Crippen LogP contribution is -2.43. The highest BCUT2D eigenvalue weighted by Crippen LogP contribution is 2.49. The third-order valence-electron chi connectivity index (χ3n) is 5.50. The zero-order chi connectivity index (χ0) is 19.1. The van der Waals surface area contributed by atoms with Gasteiger partial charge < -0.3 is 10.2 Å². The van der Waals surface area contributed by atoms with E-state index >= 15 is 0 Å². The van der Waals surface area contributed by atoms with Gasteiger partial charge in [-0.1, -0.05) is 6.07 Å². The second-order valence-electron chi connectivity index (χ2n) is 7.36. The highest BCUT2D eigenvalue weighted by Gasteiger charge is 2.55. The van der Waals surface area contributed by atoms with Crippen LogP contribution in [0.3, 0.4) is 0 Å². The summed E-state index contributed by atoms with van der Waals surface area (Å²) in [6.07, 6.45) is 8.83. The largest absolute Gasteiger partial charge is 0.325 e. The molecule has 1 saturated carbocycles. The van der Waals surface area contributed by atoms with Crippen LogP contribution in [0.1, 0.15) is 18.4 Å². The summed E-state index contributed by atoms with van der Waals surface area (Å²) in [4.78, 5) is 32.5. The molecule has 7 nitrogen and oxygen atoms in total. The monoisotopic (exact) mass is 372 g/mol. The standard InChI is InChI=1S/C21H20N6O/c1-13-4-5-15(12-16(13)19-22-6-2-7-23-19)26-20(28)18-11-14-10-17(14)27(18)21-24-8-3-9-25-21/h2-9,12,14,17-18H,10-11H2,1H3,(H,26,28)/t14-,17-,18+/m1/s1. The Balaban J connectivity index is 1.39. The van der Waals surface area contributed by atoms with Gasteiger partial charge >= 0.3 is 0 Å². The molecule has 0 spiro atoms. The number of nitrogens with one attached hydrogen (secondary N) is 1. The van der Waals surface area contributed by atoms with Crippen LogP contribution in [-0.4, -0.2) is 37.9 Å². The first-order valence-corrected chi connectivity index (χ1v) is 9.45. The maximum Gasteiger partial charge on any atom is 0.247 e. The smallest absolute Gasteiger partial charge is 0.247 e. The van der Waals surface area contributed by atoms with Gasteiger partial charge in [0.1, 0.15) is 6.04 Å². The third-order valence-corrected chi connectivity index (χ3v) is 5.50. The van der Waals surface area contributed by atoms with E-state index in [0.29, 0.717) is 23.7 Å². The molecule has 1 aromatic carbocycles. The Morgan fingerprint density at radius 3 is 2.50 bits per heavy atom. The van der Waals surface area contributed by atoms with E-state index in [-0.39, 0.29) is 11.9 Å². The van der Waals surface area contributed by atoms with Crippen molar-refractivity contribution in [3.05, 3.63) is 60.7 Å². The Hall–Kier alpha value is -3.35. The zero-order valence-electron chi connectivity index (χ0n) is 15.5. The number of benzene rings is 1. The second-order valence-corrected chi connectivity index (χ2v) is 7.36. The molecule has 3 heterocycles. The van der Waals surface area contributed by atoms with Crippen molar-refractivity contribution in [2.45, 2.75) is 31.8 Å². The summed E-state index contributed by atoms with van der Waals surface area (Å²) >= 11 is 0. The minimum Gasteiger partial charge on any atom is -0.325 e. The first-order valence-electron chi connectivity index (χ1n) is 9.45. The van der Waals surface area contributed by atoms with Gasteiger partial charge in [-0.15, -0.1) is 0 Å². The van der Waals surface area contributed by atoms with Crippen LogP contribution >= 0.6 is 0 Å². The Bertz CT molecular complexity index is 1010. The van der Waals surface area contributed by atoms with Gasteiger partial charge in [0.2, 0.25) is 11.9 Å². The molecule has 1 aliphatic heterocycles. The number of fused-ring (bicyclic) bond motifs is 1.